The summed E-state index contributed by atoms with van der Waals surface area (Å²) in [6.45, 7) is 2.04. The van der Waals surface area contributed by atoms with Gasteiger partial charge in [0, 0.05) is 5.69 Å². The van der Waals surface area contributed by atoms with E-state index < -0.39 is 0 Å². The number of hydrogen-bond donors (Lipinski definition) is 1. The van der Waals surface area contributed by atoms with E-state index in [1.54, 1.807) is 0 Å². The van der Waals surface area contributed by atoms with Crippen molar-refractivity contribution >= 4 is 11.6 Å². The Labute approximate surface area is 93.3 Å². The van der Waals surface area contributed by atoms with Crippen molar-refractivity contribution in [1.29, 1.82) is 0 Å². The van der Waals surface area contributed by atoms with Gasteiger partial charge in [-0.3, -0.25) is 4.79 Å². The number of oxazole rings is 1. The highest BCUT2D eigenvalue weighted by Gasteiger charge is 2.10. The fourth-order valence-corrected chi connectivity index (χ4v) is 1.46. The Hall–Kier alpha value is -2.10. The number of aryl methyl sites for hydroxylation is 1. The second kappa shape index (κ2) is 4.61. The predicted molar refractivity (Wildman–Crippen MR) is 60.3 cm³/mol. The monoisotopic (exact) mass is 216 g/mol. The van der Waals surface area contributed by atoms with Crippen LogP contribution in [0.1, 0.15) is 23.0 Å². The molecule has 0 unspecified atom stereocenters. The van der Waals surface area contributed by atoms with Gasteiger partial charge in [0.1, 0.15) is 6.26 Å². The molecule has 0 atom stereocenters. The Bertz CT molecular complexity index is 478. The molecule has 4 nitrogen and oxygen atoms in total. The fraction of sp³-hybridized carbons (Fsp3) is 0.167. The number of aromatic nitrogens is 1. The van der Waals surface area contributed by atoms with Crippen LogP contribution in [0, 0.1) is 0 Å². The Morgan fingerprint density at radius 1 is 1.44 bits per heavy atom. The van der Waals surface area contributed by atoms with Gasteiger partial charge < -0.3 is 9.73 Å². The van der Waals surface area contributed by atoms with Crippen LogP contribution < -0.4 is 5.32 Å². The zero-order valence-electron chi connectivity index (χ0n) is 8.93. The van der Waals surface area contributed by atoms with E-state index in [1.165, 1.54) is 12.7 Å². The molecule has 0 aliphatic rings. The third kappa shape index (κ3) is 2.11. The molecule has 1 heterocycles. The van der Waals surface area contributed by atoms with Crippen molar-refractivity contribution < 1.29 is 9.21 Å². The van der Waals surface area contributed by atoms with E-state index in [1.807, 2.05) is 31.2 Å². The Kier molecular flexibility index (Phi) is 3.00. The SMILES string of the molecule is CCc1ccccc1NC(=O)c1cocn1. The molecular formula is C12H12N2O2. The first-order chi connectivity index (χ1) is 7.81. The van der Waals surface area contributed by atoms with E-state index in [0.717, 1.165) is 17.7 Å². The molecule has 2 rings (SSSR count). The average Bonchev–Trinajstić information content (AvgIpc) is 2.83. The van der Waals surface area contributed by atoms with Crippen molar-refractivity contribution in [2.75, 3.05) is 5.32 Å². The number of rotatable bonds is 3. The lowest BCUT2D eigenvalue weighted by Gasteiger charge is -2.07. The first kappa shape index (κ1) is 10.4. The smallest absolute Gasteiger partial charge is 0.277 e. The normalized spacial score (nSPS) is 10.1. The minimum absolute atomic E-state index is 0.255. The number of hydrogen-bond acceptors (Lipinski definition) is 3. The molecular weight excluding hydrogens is 204 g/mol. The molecule has 1 aromatic heterocycles. The minimum Gasteiger partial charge on any atom is -0.451 e. The van der Waals surface area contributed by atoms with E-state index >= 15 is 0 Å². The number of benzene rings is 1. The molecule has 1 aromatic carbocycles. The molecule has 0 bridgehead atoms. The largest absolute Gasteiger partial charge is 0.451 e. The number of nitrogens with zero attached hydrogens (tertiary/aromatic N) is 1. The zero-order valence-corrected chi connectivity index (χ0v) is 8.93. The number of carbonyl (C=O) groups excluding carboxylic acids is 1. The van der Waals surface area contributed by atoms with Crippen molar-refractivity contribution in [2.24, 2.45) is 0 Å². The van der Waals surface area contributed by atoms with Gasteiger partial charge in [0.15, 0.2) is 12.1 Å². The van der Waals surface area contributed by atoms with Crippen LogP contribution in [-0.4, -0.2) is 10.9 Å². The van der Waals surface area contributed by atoms with Gasteiger partial charge in [0.2, 0.25) is 0 Å². The summed E-state index contributed by atoms with van der Waals surface area (Å²) >= 11 is 0. The van der Waals surface area contributed by atoms with Crippen LogP contribution >= 0.6 is 0 Å². The van der Waals surface area contributed by atoms with Crippen molar-refractivity contribution in [3.8, 4) is 0 Å². The summed E-state index contributed by atoms with van der Waals surface area (Å²) in [5.74, 6) is -0.255. The average molecular weight is 216 g/mol. The van der Waals surface area contributed by atoms with Crippen LogP contribution in [-0.2, 0) is 6.42 Å². The second-order valence-corrected chi connectivity index (χ2v) is 3.34. The summed E-state index contributed by atoms with van der Waals surface area (Å²) < 4.78 is 4.76. The fourth-order valence-electron chi connectivity index (χ4n) is 1.46. The van der Waals surface area contributed by atoms with E-state index in [9.17, 15) is 4.79 Å². The number of carbonyl (C=O) groups is 1. The van der Waals surface area contributed by atoms with Crippen LogP contribution in [0.4, 0.5) is 5.69 Å². The maximum Gasteiger partial charge on any atom is 0.277 e. The van der Waals surface area contributed by atoms with Crippen LogP contribution in [0.2, 0.25) is 0 Å². The lowest BCUT2D eigenvalue weighted by atomic mass is 10.1. The summed E-state index contributed by atoms with van der Waals surface area (Å²) in [5.41, 5.74) is 2.20. The summed E-state index contributed by atoms with van der Waals surface area (Å²) in [7, 11) is 0. The predicted octanol–water partition coefficient (Wildman–Crippen LogP) is 2.49. The molecule has 0 radical (unpaired) electrons. The van der Waals surface area contributed by atoms with E-state index in [-0.39, 0.29) is 11.6 Å². The maximum absolute atomic E-state index is 11.7. The van der Waals surface area contributed by atoms with Gasteiger partial charge in [0.05, 0.1) is 0 Å². The Balaban J connectivity index is 2.18. The quantitative estimate of drug-likeness (QED) is 0.857. The molecule has 0 fully saturated rings. The lowest BCUT2D eigenvalue weighted by Crippen LogP contribution is -2.13. The molecule has 0 saturated heterocycles. The number of para-hydroxylation sites is 1. The Morgan fingerprint density at radius 3 is 2.94 bits per heavy atom. The highest BCUT2D eigenvalue weighted by Crippen LogP contribution is 2.16. The van der Waals surface area contributed by atoms with E-state index in [4.69, 9.17) is 4.42 Å². The first-order valence-corrected chi connectivity index (χ1v) is 5.08. The van der Waals surface area contributed by atoms with Crippen molar-refractivity contribution in [1.82, 2.24) is 4.98 Å². The summed E-state index contributed by atoms with van der Waals surface area (Å²) in [4.78, 5) is 15.5. The number of anilines is 1. The van der Waals surface area contributed by atoms with Gasteiger partial charge in [-0.1, -0.05) is 25.1 Å². The lowest BCUT2D eigenvalue weighted by molar-refractivity contribution is 0.102. The van der Waals surface area contributed by atoms with Gasteiger partial charge in [-0.05, 0) is 18.1 Å². The molecule has 16 heavy (non-hydrogen) atoms. The Morgan fingerprint density at radius 2 is 2.25 bits per heavy atom. The van der Waals surface area contributed by atoms with Crippen LogP contribution in [0.25, 0.3) is 0 Å². The summed E-state index contributed by atoms with van der Waals surface area (Å²) in [5, 5.41) is 2.80. The zero-order chi connectivity index (χ0) is 11.4. The first-order valence-electron chi connectivity index (χ1n) is 5.08. The van der Waals surface area contributed by atoms with Gasteiger partial charge in [-0.2, -0.15) is 0 Å². The summed E-state index contributed by atoms with van der Waals surface area (Å²) in [6, 6.07) is 7.69. The third-order valence-corrected chi connectivity index (χ3v) is 2.31. The molecule has 0 aliphatic heterocycles. The van der Waals surface area contributed by atoms with Crippen molar-refractivity contribution in [3.05, 3.63) is 48.2 Å². The van der Waals surface area contributed by atoms with Gasteiger partial charge in [0.25, 0.3) is 5.91 Å². The summed E-state index contributed by atoms with van der Waals surface area (Å²) in [6.07, 6.45) is 3.43. The topological polar surface area (TPSA) is 55.1 Å². The standard InChI is InChI=1S/C12H12N2O2/c1-2-9-5-3-4-6-10(9)14-12(15)11-7-16-8-13-11/h3-8H,2H2,1H3,(H,14,15). The molecule has 1 N–H and O–H groups in total. The molecule has 2 aromatic rings. The van der Waals surface area contributed by atoms with Gasteiger partial charge >= 0.3 is 0 Å². The van der Waals surface area contributed by atoms with E-state index in [2.05, 4.69) is 10.3 Å². The number of amides is 1. The van der Waals surface area contributed by atoms with Gasteiger partial charge in [-0.15, -0.1) is 0 Å². The minimum atomic E-state index is -0.255. The van der Waals surface area contributed by atoms with Crippen molar-refractivity contribution in [3.63, 3.8) is 0 Å². The van der Waals surface area contributed by atoms with Crippen molar-refractivity contribution in [2.45, 2.75) is 13.3 Å². The van der Waals surface area contributed by atoms with E-state index in [0.29, 0.717) is 0 Å². The molecule has 1 amide bonds. The molecule has 0 aliphatic carbocycles. The maximum atomic E-state index is 11.7. The van der Waals surface area contributed by atoms with Crippen LogP contribution in [0.5, 0.6) is 0 Å². The van der Waals surface area contributed by atoms with Crippen LogP contribution in [0.3, 0.4) is 0 Å². The highest BCUT2D eigenvalue weighted by molar-refractivity contribution is 6.02. The van der Waals surface area contributed by atoms with Crippen LogP contribution in [0.15, 0.2) is 41.3 Å². The second-order valence-electron chi connectivity index (χ2n) is 3.34. The molecule has 0 spiro atoms. The van der Waals surface area contributed by atoms with Gasteiger partial charge in [-0.25, -0.2) is 4.98 Å². The molecule has 0 saturated carbocycles. The molecule has 4 heteroatoms. The number of nitrogens with one attached hydrogen (secondary N) is 1. The molecule has 82 valence electrons. The third-order valence-electron chi connectivity index (χ3n) is 2.31. The highest BCUT2D eigenvalue weighted by atomic mass is 16.3.